The number of hydrogen-bond acceptors (Lipinski definition) is 4. The molecule has 0 saturated carbocycles. The van der Waals surface area contributed by atoms with Crippen molar-refractivity contribution in [2.24, 2.45) is 0 Å². The quantitative estimate of drug-likeness (QED) is 0.549. The first-order valence-electron chi connectivity index (χ1n) is 7.94. The molecule has 4 nitrogen and oxygen atoms in total. The molecule has 0 spiro atoms. The summed E-state index contributed by atoms with van der Waals surface area (Å²) in [6, 6.07) is 13.4. The van der Waals surface area contributed by atoms with Crippen molar-refractivity contribution in [2.75, 3.05) is 11.1 Å². The summed E-state index contributed by atoms with van der Waals surface area (Å²) in [5, 5.41) is 3.22. The second-order valence-electron chi connectivity index (χ2n) is 5.48. The largest absolute Gasteiger partial charge is 0.444 e. The number of carbonyl (C=O) groups is 1. The van der Waals surface area contributed by atoms with Crippen molar-refractivity contribution in [1.29, 1.82) is 0 Å². The molecule has 7 heteroatoms. The van der Waals surface area contributed by atoms with Gasteiger partial charge in [0, 0.05) is 28.5 Å². The van der Waals surface area contributed by atoms with Crippen molar-refractivity contribution < 1.29 is 13.6 Å². The number of amides is 1. The molecule has 0 fully saturated rings. The van der Waals surface area contributed by atoms with Crippen LogP contribution in [0.4, 0.5) is 10.1 Å². The van der Waals surface area contributed by atoms with Gasteiger partial charge in [0.05, 0.1) is 11.4 Å². The Balaban J connectivity index is 1.43. The van der Waals surface area contributed by atoms with Crippen LogP contribution in [0.2, 0.25) is 5.02 Å². The number of nitrogens with one attached hydrogen (secondary N) is 1. The standard InChI is InChI=1S/C19H16ClFN2O2S/c20-14-7-5-13(6-8-14)19-22-15(11-25-19)12-26-10-9-18(24)23-17-4-2-1-3-16(17)21/h1-8,11H,9-10,12H2,(H,23,24). The number of anilines is 1. The molecule has 3 rings (SSSR count). The van der Waals surface area contributed by atoms with Crippen LogP contribution >= 0.6 is 23.4 Å². The summed E-state index contributed by atoms with van der Waals surface area (Å²) in [5.41, 5.74) is 1.86. The van der Waals surface area contributed by atoms with E-state index in [1.54, 1.807) is 42.3 Å². The first kappa shape index (κ1) is 18.5. The Hall–Kier alpha value is -2.31. The van der Waals surface area contributed by atoms with Gasteiger partial charge in [-0.15, -0.1) is 0 Å². The molecule has 0 unspecified atom stereocenters. The van der Waals surface area contributed by atoms with Gasteiger partial charge >= 0.3 is 0 Å². The molecule has 1 heterocycles. The van der Waals surface area contributed by atoms with E-state index >= 15 is 0 Å². The van der Waals surface area contributed by atoms with E-state index in [2.05, 4.69) is 10.3 Å². The van der Waals surface area contributed by atoms with Gasteiger partial charge < -0.3 is 9.73 Å². The second-order valence-corrected chi connectivity index (χ2v) is 7.02. The zero-order valence-electron chi connectivity index (χ0n) is 13.7. The first-order chi connectivity index (χ1) is 12.6. The molecule has 1 N–H and O–H groups in total. The highest BCUT2D eigenvalue weighted by Gasteiger charge is 2.09. The Morgan fingerprint density at radius 2 is 1.96 bits per heavy atom. The normalized spacial score (nSPS) is 10.7. The molecule has 1 aromatic heterocycles. The van der Waals surface area contributed by atoms with Crippen LogP contribution in [-0.2, 0) is 10.5 Å². The highest BCUT2D eigenvalue weighted by molar-refractivity contribution is 7.98. The van der Waals surface area contributed by atoms with Crippen LogP contribution in [0.15, 0.2) is 59.2 Å². The van der Waals surface area contributed by atoms with Gasteiger partial charge in [0.2, 0.25) is 11.8 Å². The second kappa shape index (κ2) is 8.87. The molecule has 0 aliphatic rings. The van der Waals surface area contributed by atoms with Gasteiger partial charge in [-0.25, -0.2) is 9.37 Å². The number of rotatable bonds is 7. The van der Waals surface area contributed by atoms with Crippen molar-refractivity contribution in [3.05, 3.63) is 71.3 Å². The first-order valence-corrected chi connectivity index (χ1v) is 9.47. The predicted octanol–water partition coefficient (Wildman–Crippen LogP) is 5.40. The molecule has 0 bridgehead atoms. The highest BCUT2D eigenvalue weighted by Crippen LogP contribution is 2.22. The van der Waals surface area contributed by atoms with Gasteiger partial charge in [-0.1, -0.05) is 23.7 Å². The number of carbonyl (C=O) groups excluding carboxylic acids is 1. The van der Waals surface area contributed by atoms with Gasteiger partial charge in [-0.05, 0) is 36.4 Å². The van der Waals surface area contributed by atoms with Crippen LogP contribution < -0.4 is 5.32 Å². The zero-order valence-corrected chi connectivity index (χ0v) is 15.3. The molecule has 0 aliphatic heterocycles. The zero-order chi connectivity index (χ0) is 18.4. The number of nitrogens with zero attached hydrogens (tertiary/aromatic N) is 1. The molecular weight excluding hydrogens is 375 g/mol. The van der Waals surface area contributed by atoms with Crippen molar-refractivity contribution in [3.63, 3.8) is 0 Å². The molecule has 0 saturated heterocycles. The maximum Gasteiger partial charge on any atom is 0.226 e. The molecule has 1 amide bonds. The van der Waals surface area contributed by atoms with Crippen molar-refractivity contribution >= 4 is 35.0 Å². The summed E-state index contributed by atoms with van der Waals surface area (Å²) in [7, 11) is 0. The van der Waals surface area contributed by atoms with Gasteiger partial charge in [0.15, 0.2) is 0 Å². The predicted molar refractivity (Wildman–Crippen MR) is 103 cm³/mol. The van der Waals surface area contributed by atoms with Crippen molar-refractivity contribution in [2.45, 2.75) is 12.2 Å². The molecule has 3 aromatic rings. The number of benzene rings is 2. The number of para-hydroxylation sites is 1. The molecule has 134 valence electrons. The topological polar surface area (TPSA) is 55.1 Å². The minimum absolute atomic E-state index is 0.201. The average Bonchev–Trinajstić information content (AvgIpc) is 3.10. The SMILES string of the molecule is O=C(CCSCc1coc(-c2ccc(Cl)cc2)n1)Nc1ccccc1F. The summed E-state index contributed by atoms with van der Waals surface area (Å²) in [6.45, 7) is 0. The minimum Gasteiger partial charge on any atom is -0.444 e. The fourth-order valence-corrected chi connectivity index (χ4v) is 3.16. The summed E-state index contributed by atoms with van der Waals surface area (Å²) in [4.78, 5) is 16.3. The third kappa shape index (κ3) is 5.09. The van der Waals surface area contributed by atoms with Crippen molar-refractivity contribution in [1.82, 2.24) is 4.98 Å². The molecule has 0 radical (unpaired) electrons. The van der Waals surface area contributed by atoms with Crippen LogP contribution in [0, 0.1) is 5.82 Å². The Bertz CT molecular complexity index is 883. The van der Waals surface area contributed by atoms with E-state index in [0.29, 0.717) is 28.8 Å². The van der Waals surface area contributed by atoms with Crippen LogP contribution in [0.25, 0.3) is 11.5 Å². The number of aromatic nitrogens is 1. The lowest BCUT2D eigenvalue weighted by Crippen LogP contribution is -2.13. The van der Waals surface area contributed by atoms with Gasteiger partial charge in [0.1, 0.15) is 12.1 Å². The highest BCUT2D eigenvalue weighted by atomic mass is 35.5. The summed E-state index contributed by atoms with van der Waals surface area (Å²) >= 11 is 7.43. The fraction of sp³-hybridized carbons (Fsp3) is 0.158. The fourth-order valence-electron chi connectivity index (χ4n) is 2.22. The smallest absolute Gasteiger partial charge is 0.226 e. The third-order valence-electron chi connectivity index (χ3n) is 3.51. The number of thioether (sulfide) groups is 1. The van der Waals surface area contributed by atoms with Crippen LogP contribution in [0.5, 0.6) is 0 Å². The maximum absolute atomic E-state index is 13.5. The maximum atomic E-state index is 13.5. The molecule has 26 heavy (non-hydrogen) atoms. The number of halogens is 2. The summed E-state index contributed by atoms with van der Waals surface area (Å²) < 4.78 is 19.0. The Morgan fingerprint density at radius 3 is 2.73 bits per heavy atom. The number of oxazole rings is 1. The Kier molecular flexibility index (Phi) is 6.30. The van der Waals surface area contributed by atoms with E-state index in [-0.39, 0.29) is 11.6 Å². The van der Waals surface area contributed by atoms with Crippen LogP contribution in [-0.4, -0.2) is 16.6 Å². The minimum atomic E-state index is -0.439. The Morgan fingerprint density at radius 1 is 1.19 bits per heavy atom. The lowest BCUT2D eigenvalue weighted by Gasteiger charge is -2.05. The number of hydrogen-bond donors (Lipinski definition) is 1. The van der Waals surface area contributed by atoms with Gasteiger partial charge in [0.25, 0.3) is 0 Å². The van der Waals surface area contributed by atoms with E-state index < -0.39 is 5.82 Å². The lowest BCUT2D eigenvalue weighted by atomic mass is 10.2. The van der Waals surface area contributed by atoms with E-state index in [9.17, 15) is 9.18 Å². The van der Waals surface area contributed by atoms with E-state index in [1.165, 1.54) is 12.1 Å². The van der Waals surface area contributed by atoms with Crippen LogP contribution in [0.1, 0.15) is 12.1 Å². The van der Waals surface area contributed by atoms with Gasteiger partial charge in [-0.3, -0.25) is 4.79 Å². The van der Waals surface area contributed by atoms with Crippen molar-refractivity contribution in [3.8, 4) is 11.5 Å². The molecule has 2 aromatic carbocycles. The van der Waals surface area contributed by atoms with Crippen LogP contribution in [0.3, 0.4) is 0 Å². The average molecular weight is 391 g/mol. The monoisotopic (exact) mass is 390 g/mol. The summed E-state index contributed by atoms with van der Waals surface area (Å²) in [6.07, 6.45) is 1.90. The molecule has 0 aliphatic carbocycles. The molecule has 0 atom stereocenters. The van der Waals surface area contributed by atoms with E-state index in [1.807, 2.05) is 12.1 Å². The Labute approximate surface area is 159 Å². The lowest BCUT2D eigenvalue weighted by molar-refractivity contribution is -0.115. The van der Waals surface area contributed by atoms with E-state index in [4.69, 9.17) is 16.0 Å². The van der Waals surface area contributed by atoms with Gasteiger partial charge in [-0.2, -0.15) is 11.8 Å². The summed E-state index contributed by atoms with van der Waals surface area (Å²) in [5.74, 6) is 1.11. The van der Waals surface area contributed by atoms with E-state index in [0.717, 1.165) is 11.3 Å². The molecular formula is C19H16ClFN2O2S. The third-order valence-corrected chi connectivity index (χ3v) is 4.76.